The van der Waals surface area contributed by atoms with Gasteiger partial charge in [-0.3, -0.25) is 4.79 Å². The first-order chi connectivity index (χ1) is 12.9. The second-order valence-electron chi connectivity index (χ2n) is 5.96. The average molecular weight is 364 g/mol. The minimum absolute atomic E-state index is 0.266. The number of nitrogens with one attached hydrogen (secondary N) is 1. The number of aryl methyl sites for hydroxylation is 1. The van der Waals surface area contributed by atoms with Crippen molar-refractivity contribution in [2.75, 3.05) is 5.32 Å². The van der Waals surface area contributed by atoms with Crippen LogP contribution in [0.5, 0.6) is 0 Å². The van der Waals surface area contributed by atoms with E-state index in [0.717, 1.165) is 11.6 Å². The highest BCUT2D eigenvalue weighted by molar-refractivity contribution is 6.03. The lowest BCUT2D eigenvalue weighted by Gasteiger charge is -2.07. The Hall–Kier alpha value is -3.66. The highest BCUT2D eigenvalue weighted by Gasteiger charge is 2.10. The molecule has 0 fully saturated rings. The second kappa shape index (κ2) is 7.70. The number of halogens is 2. The van der Waals surface area contributed by atoms with Gasteiger partial charge in [0, 0.05) is 18.5 Å². The Labute approximate surface area is 154 Å². The van der Waals surface area contributed by atoms with Crippen molar-refractivity contribution in [1.29, 1.82) is 5.26 Å². The van der Waals surface area contributed by atoms with Crippen molar-refractivity contribution in [1.82, 2.24) is 9.97 Å². The molecular formula is C20H14F2N4O. The number of amides is 1. The Morgan fingerprint density at radius 2 is 1.81 bits per heavy atom. The Bertz CT molecular complexity index is 1020. The SMILES string of the molecule is Cc1cc(C(=O)Nc2ccc(Cc3cc(F)cc(F)c3)cn2)cnc1C#N. The third kappa shape index (κ3) is 4.50. The predicted octanol–water partition coefficient (Wildman–Crippen LogP) is 3.78. The molecule has 0 aliphatic heterocycles. The number of rotatable bonds is 4. The normalized spacial score (nSPS) is 10.3. The quantitative estimate of drug-likeness (QED) is 0.764. The van der Waals surface area contributed by atoms with Crippen LogP contribution >= 0.6 is 0 Å². The first-order valence-electron chi connectivity index (χ1n) is 8.02. The van der Waals surface area contributed by atoms with Gasteiger partial charge in [0.2, 0.25) is 0 Å². The zero-order chi connectivity index (χ0) is 19.4. The summed E-state index contributed by atoms with van der Waals surface area (Å²) in [6.45, 7) is 1.70. The number of nitrogens with zero attached hydrogens (tertiary/aromatic N) is 3. The second-order valence-corrected chi connectivity index (χ2v) is 5.96. The average Bonchev–Trinajstić information content (AvgIpc) is 2.62. The minimum atomic E-state index is -0.631. The molecule has 1 aromatic carbocycles. The summed E-state index contributed by atoms with van der Waals surface area (Å²) in [5, 5.41) is 11.5. The highest BCUT2D eigenvalue weighted by Crippen LogP contribution is 2.15. The maximum Gasteiger partial charge on any atom is 0.258 e. The predicted molar refractivity (Wildman–Crippen MR) is 95.0 cm³/mol. The summed E-state index contributed by atoms with van der Waals surface area (Å²) >= 11 is 0. The molecule has 7 heteroatoms. The molecule has 0 aliphatic rings. The summed E-state index contributed by atoms with van der Waals surface area (Å²) in [6.07, 6.45) is 3.17. The van der Waals surface area contributed by atoms with Crippen LogP contribution in [-0.2, 0) is 6.42 Å². The van der Waals surface area contributed by atoms with Crippen LogP contribution in [0.2, 0.25) is 0 Å². The summed E-state index contributed by atoms with van der Waals surface area (Å²) in [5.74, 6) is -1.33. The van der Waals surface area contributed by atoms with Crippen LogP contribution in [0.25, 0.3) is 0 Å². The molecule has 0 radical (unpaired) electrons. The van der Waals surface area contributed by atoms with Crippen LogP contribution in [0.4, 0.5) is 14.6 Å². The summed E-state index contributed by atoms with van der Waals surface area (Å²) < 4.78 is 26.5. The lowest BCUT2D eigenvalue weighted by molar-refractivity contribution is 0.102. The zero-order valence-electron chi connectivity index (χ0n) is 14.3. The van der Waals surface area contributed by atoms with Crippen LogP contribution in [0.1, 0.15) is 32.7 Å². The minimum Gasteiger partial charge on any atom is -0.307 e. The van der Waals surface area contributed by atoms with E-state index in [9.17, 15) is 13.6 Å². The van der Waals surface area contributed by atoms with E-state index < -0.39 is 17.5 Å². The lowest BCUT2D eigenvalue weighted by atomic mass is 10.1. The molecule has 0 aliphatic carbocycles. The maximum atomic E-state index is 13.2. The van der Waals surface area contributed by atoms with E-state index in [1.54, 1.807) is 25.1 Å². The summed E-state index contributed by atoms with van der Waals surface area (Å²) in [7, 11) is 0. The number of aromatic nitrogens is 2. The van der Waals surface area contributed by atoms with Gasteiger partial charge >= 0.3 is 0 Å². The summed E-state index contributed by atoms with van der Waals surface area (Å²) in [4.78, 5) is 20.3. The van der Waals surface area contributed by atoms with Crippen molar-refractivity contribution in [3.05, 3.63) is 88.4 Å². The van der Waals surface area contributed by atoms with Gasteiger partial charge in [-0.05, 0) is 54.3 Å². The number of benzene rings is 1. The number of carbonyl (C=O) groups is 1. The van der Waals surface area contributed by atoms with Crippen molar-refractivity contribution < 1.29 is 13.6 Å². The Morgan fingerprint density at radius 3 is 2.41 bits per heavy atom. The molecular weight excluding hydrogens is 350 g/mol. The fourth-order valence-corrected chi connectivity index (χ4v) is 2.56. The van der Waals surface area contributed by atoms with Gasteiger partial charge in [-0.15, -0.1) is 0 Å². The van der Waals surface area contributed by atoms with E-state index in [1.807, 2.05) is 6.07 Å². The van der Waals surface area contributed by atoms with Crippen molar-refractivity contribution in [3.8, 4) is 6.07 Å². The van der Waals surface area contributed by atoms with Gasteiger partial charge in [0.1, 0.15) is 29.2 Å². The van der Waals surface area contributed by atoms with E-state index in [4.69, 9.17) is 5.26 Å². The van der Waals surface area contributed by atoms with Crippen LogP contribution in [0, 0.1) is 29.9 Å². The molecule has 1 N–H and O–H groups in total. The number of hydrogen-bond donors (Lipinski definition) is 1. The maximum absolute atomic E-state index is 13.2. The third-order valence-electron chi connectivity index (χ3n) is 3.84. The molecule has 27 heavy (non-hydrogen) atoms. The monoisotopic (exact) mass is 364 g/mol. The summed E-state index contributed by atoms with van der Waals surface area (Å²) in [6, 6.07) is 10.2. The standard InChI is InChI=1S/C20H14F2N4O/c1-12-4-15(11-24-18(12)9-23)20(27)26-19-3-2-13(10-25-19)5-14-6-16(21)8-17(22)7-14/h2-4,6-8,10-11H,5H2,1H3,(H,25,26,27). The molecule has 1 amide bonds. The van der Waals surface area contributed by atoms with Crippen LogP contribution in [0.3, 0.4) is 0 Å². The Balaban J connectivity index is 1.69. The first-order valence-corrected chi connectivity index (χ1v) is 8.02. The topological polar surface area (TPSA) is 78.7 Å². The van der Waals surface area contributed by atoms with E-state index in [2.05, 4.69) is 15.3 Å². The highest BCUT2D eigenvalue weighted by atomic mass is 19.1. The summed E-state index contributed by atoms with van der Waals surface area (Å²) in [5.41, 5.74) is 2.42. The van der Waals surface area contributed by atoms with Crippen LogP contribution < -0.4 is 5.32 Å². The molecule has 134 valence electrons. The van der Waals surface area contributed by atoms with Crippen molar-refractivity contribution in [2.45, 2.75) is 13.3 Å². The lowest BCUT2D eigenvalue weighted by Crippen LogP contribution is -2.14. The van der Waals surface area contributed by atoms with Gasteiger partial charge in [0.05, 0.1) is 5.56 Å². The van der Waals surface area contributed by atoms with Gasteiger partial charge in [-0.2, -0.15) is 5.26 Å². The van der Waals surface area contributed by atoms with Gasteiger partial charge in [-0.1, -0.05) is 6.07 Å². The van der Waals surface area contributed by atoms with E-state index in [1.165, 1.54) is 24.5 Å². The molecule has 0 unspecified atom stereocenters. The molecule has 0 bridgehead atoms. The van der Waals surface area contributed by atoms with Crippen molar-refractivity contribution in [2.24, 2.45) is 0 Å². The van der Waals surface area contributed by atoms with Gasteiger partial charge in [-0.25, -0.2) is 18.7 Å². The fourth-order valence-electron chi connectivity index (χ4n) is 2.56. The van der Waals surface area contributed by atoms with Crippen molar-refractivity contribution in [3.63, 3.8) is 0 Å². The molecule has 5 nitrogen and oxygen atoms in total. The molecule has 0 spiro atoms. The van der Waals surface area contributed by atoms with E-state index in [-0.39, 0.29) is 5.69 Å². The van der Waals surface area contributed by atoms with Gasteiger partial charge in [0.15, 0.2) is 0 Å². The van der Waals surface area contributed by atoms with Crippen LogP contribution in [0.15, 0.2) is 48.8 Å². The molecule has 2 heterocycles. The number of hydrogen-bond acceptors (Lipinski definition) is 4. The van der Waals surface area contributed by atoms with Crippen molar-refractivity contribution >= 4 is 11.7 Å². The molecule has 0 saturated carbocycles. The smallest absolute Gasteiger partial charge is 0.258 e. The molecule has 0 atom stereocenters. The molecule has 0 saturated heterocycles. The van der Waals surface area contributed by atoms with E-state index >= 15 is 0 Å². The number of pyridine rings is 2. The molecule has 3 aromatic rings. The molecule has 2 aromatic heterocycles. The number of carbonyl (C=O) groups excluding carboxylic acids is 1. The van der Waals surface area contributed by atoms with Crippen LogP contribution in [-0.4, -0.2) is 15.9 Å². The van der Waals surface area contributed by atoms with E-state index in [0.29, 0.717) is 28.9 Å². The van der Waals surface area contributed by atoms with Gasteiger partial charge < -0.3 is 5.32 Å². The van der Waals surface area contributed by atoms with Gasteiger partial charge in [0.25, 0.3) is 5.91 Å². The number of nitriles is 1. The third-order valence-corrected chi connectivity index (χ3v) is 3.84. The zero-order valence-corrected chi connectivity index (χ0v) is 14.3. The molecule has 3 rings (SSSR count). The first kappa shape index (κ1) is 18.1. The Morgan fingerprint density at radius 1 is 1.07 bits per heavy atom. The number of anilines is 1. The fraction of sp³-hybridized carbons (Fsp3) is 0.100. The Kier molecular flexibility index (Phi) is 5.18. The largest absolute Gasteiger partial charge is 0.307 e.